The van der Waals surface area contributed by atoms with Gasteiger partial charge in [-0.25, -0.2) is 27.5 Å². The summed E-state index contributed by atoms with van der Waals surface area (Å²) in [6.45, 7) is 6.60. The van der Waals surface area contributed by atoms with Gasteiger partial charge in [0.25, 0.3) is 10.0 Å². The molecule has 0 spiro atoms. The van der Waals surface area contributed by atoms with Crippen LogP contribution < -0.4 is 4.72 Å². The topological polar surface area (TPSA) is 72.0 Å². The van der Waals surface area contributed by atoms with E-state index < -0.39 is 15.8 Å². The van der Waals surface area contributed by atoms with Gasteiger partial charge < -0.3 is 0 Å². The highest BCUT2D eigenvalue weighted by atomic mass is 32.2. The third kappa shape index (κ3) is 3.36. The molecule has 7 heteroatoms. The fourth-order valence-corrected chi connectivity index (χ4v) is 3.66. The van der Waals surface area contributed by atoms with Gasteiger partial charge in [0, 0.05) is 11.4 Å². The van der Waals surface area contributed by atoms with Crippen molar-refractivity contribution in [1.29, 1.82) is 0 Å². The molecule has 21 heavy (non-hydrogen) atoms. The molecular formula is C14H16FN3O2S. The van der Waals surface area contributed by atoms with Crippen LogP contribution in [0, 0.1) is 33.5 Å². The van der Waals surface area contributed by atoms with E-state index in [0.29, 0.717) is 22.5 Å². The van der Waals surface area contributed by atoms with Crippen molar-refractivity contribution in [3.63, 3.8) is 0 Å². The number of benzene rings is 1. The lowest BCUT2D eigenvalue weighted by Crippen LogP contribution is -2.18. The zero-order valence-corrected chi connectivity index (χ0v) is 13.0. The van der Waals surface area contributed by atoms with Crippen LogP contribution in [0.15, 0.2) is 23.1 Å². The number of aromatic nitrogens is 2. The molecule has 1 heterocycles. The third-order valence-electron chi connectivity index (χ3n) is 2.90. The van der Waals surface area contributed by atoms with E-state index in [4.69, 9.17) is 0 Å². The molecule has 1 N–H and O–H groups in total. The maximum Gasteiger partial charge on any atom is 0.264 e. The van der Waals surface area contributed by atoms with E-state index in [-0.39, 0.29) is 10.8 Å². The zero-order valence-electron chi connectivity index (χ0n) is 12.2. The molecule has 0 amide bonds. The van der Waals surface area contributed by atoms with Gasteiger partial charge in [0.05, 0.1) is 4.90 Å². The molecule has 0 radical (unpaired) electrons. The second-order valence-corrected chi connectivity index (χ2v) is 6.57. The van der Waals surface area contributed by atoms with E-state index in [1.807, 2.05) is 0 Å². The summed E-state index contributed by atoms with van der Waals surface area (Å²) in [4.78, 5) is 8.14. The number of aryl methyl sites for hydroxylation is 4. The molecule has 2 rings (SSSR count). The molecule has 0 saturated carbocycles. The van der Waals surface area contributed by atoms with Crippen molar-refractivity contribution in [2.75, 3.05) is 4.72 Å². The van der Waals surface area contributed by atoms with Gasteiger partial charge in [0.1, 0.15) is 5.82 Å². The second-order valence-electron chi connectivity index (χ2n) is 4.95. The van der Waals surface area contributed by atoms with Crippen molar-refractivity contribution in [3.05, 3.63) is 46.5 Å². The first-order valence-corrected chi connectivity index (χ1v) is 7.79. The first-order chi connectivity index (χ1) is 9.69. The minimum atomic E-state index is -3.87. The van der Waals surface area contributed by atoms with Crippen LogP contribution in [-0.4, -0.2) is 18.4 Å². The summed E-state index contributed by atoms with van der Waals surface area (Å²) in [5.74, 6) is -0.456. The molecule has 0 aliphatic carbocycles. The molecule has 1 aromatic heterocycles. The van der Waals surface area contributed by atoms with Crippen molar-refractivity contribution in [2.24, 2.45) is 0 Å². The third-order valence-corrected chi connectivity index (χ3v) is 4.53. The largest absolute Gasteiger partial charge is 0.264 e. The highest BCUT2D eigenvalue weighted by Gasteiger charge is 2.21. The van der Waals surface area contributed by atoms with Gasteiger partial charge in [-0.3, -0.25) is 0 Å². The Hall–Kier alpha value is -2.02. The van der Waals surface area contributed by atoms with Crippen molar-refractivity contribution < 1.29 is 12.8 Å². The lowest BCUT2D eigenvalue weighted by Gasteiger charge is -2.12. The summed E-state index contributed by atoms with van der Waals surface area (Å²) < 4.78 is 40.6. The van der Waals surface area contributed by atoms with Crippen LogP contribution in [0.4, 0.5) is 10.3 Å². The molecule has 0 aliphatic heterocycles. The van der Waals surface area contributed by atoms with E-state index in [1.54, 1.807) is 33.8 Å². The number of sulfonamides is 1. The standard InChI is InChI=1S/C14H16FN3O2S/c1-8-5-12(15)6-9(2)13(8)21(19,20)18-14-16-10(3)7-11(4)17-14/h5-7H,1-4H3,(H,16,17,18). The van der Waals surface area contributed by atoms with Gasteiger partial charge in [-0.2, -0.15) is 0 Å². The van der Waals surface area contributed by atoms with Crippen LogP contribution in [0.25, 0.3) is 0 Å². The summed E-state index contributed by atoms with van der Waals surface area (Å²) in [6.07, 6.45) is 0. The minimum absolute atomic E-state index is 0.00984. The molecule has 0 saturated heterocycles. The van der Waals surface area contributed by atoms with Gasteiger partial charge in [-0.05, 0) is 57.0 Å². The van der Waals surface area contributed by atoms with Gasteiger partial charge in [-0.1, -0.05) is 0 Å². The Labute approximate surface area is 123 Å². The number of halogens is 1. The Bertz CT molecular complexity index is 761. The molecule has 0 unspecified atom stereocenters. The Balaban J connectivity index is 2.48. The average Bonchev–Trinajstić information content (AvgIpc) is 2.23. The molecule has 0 atom stereocenters. The van der Waals surface area contributed by atoms with E-state index >= 15 is 0 Å². The van der Waals surface area contributed by atoms with Crippen molar-refractivity contribution in [2.45, 2.75) is 32.6 Å². The van der Waals surface area contributed by atoms with Gasteiger partial charge >= 0.3 is 0 Å². The van der Waals surface area contributed by atoms with Gasteiger partial charge in [-0.15, -0.1) is 0 Å². The predicted octanol–water partition coefficient (Wildman–Crippen LogP) is 2.65. The van der Waals surface area contributed by atoms with E-state index in [9.17, 15) is 12.8 Å². The van der Waals surface area contributed by atoms with Crippen LogP contribution in [0.1, 0.15) is 22.5 Å². The molecule has 0 fully saturated rings. The van der Waals surface area contributed by atoms with Gasteiger partial charge in [0.15, 0.2) is 0 Å². The fraction of sp³-hybridized carbons (Fsp3) is 0.286. The van der Waals surface area contributed by atoms with E-state index in [1.165, 1.54) is 12.1 Å². The molecule has 2 aromatic rings. The summed E-state index contributed by atoms with van der Waals surface area (Å²) >= 11 is 0. The van der Waals surface area contributed by atoms with E-state index in [0.717, 1.165) is 0 Å². The lowest BCUT2D eigenvalue weighted by atomic mass is 10.1. The van der Waals surface area contributed by atoms with E-state index in [2.05, 4.69) is 14.7 Å². The smallest absolute Gasteiger partial charge is 0.247 e. The zero-order chi connectivity index (χ0) is 15.8. The van der Waals surface area contributed by atoms with Crippen molar-refractivity contribution in [3.8, 4) is 0 Å². The Morgan fingerprint density at radius 1 is 0.952 bits per heavy atom. The fourth-order valence-electron chi connectivity index (χ4n) is 2.26. The van der Waals surface area contributed by atoms with Gasteiger partial charge in [0.2, 0.25) is 5.95 Å². The Kier molecular flexibility index (Phi) is 3.95. The number of anilines is 1. The quantitative estimate of drug-likeness (QED) is 0.946. The first kappa shape index (κ1) is 15.4. The summed E-state index contributed by atoms with van der Waals surface area (Å²) in [5, 5.41) is 0. The summed E-state index contributed by atoms with van der Waals surface area (Å²) in [6, 6.07) is 4.11. The normalized spacial score (nSPS) is 11.5. The Morgan fingerprint density at radius 3 is 1.90 bits per heavy atom. The first-order valence-electron chi connectivity index (χ1n) is 6.31. The number of hydrogen-bond donors (Lipinski definition) is 1. The Morgan fingerprint density at radius 2 is 1.43 bits per heavy atom. The SMILES string of the molecule is Cc1cc(C)nc(NS(=O)(=O)c2c(C)cc(F)cc2C)n1. The number of nitrogens with one attached hydrogen (secondary N) is 1. The van der Waals surface area contributed by atoms with Crippen LogP contribution in [0.5, 0.6) is 0 Å². The molecule has 5 nitrogen and oxygen atoms in total. The molecular weight excluding hydrogens is 293 g/mol. The van der Waals surface area contributed by atoms with Crippen LogP contribution in [0.2, 0.25) is 0 Å². The number of hydrogen-bond acceptors (Lipinski definition) is 4. The highest BCUT2D eigenvalue weighted by molar-refractivity contribution is 7.92. The molecule has 0 bridgehead atoms. The summed E-state index contributed by atoms with van der Waals surface area (Å²) in [7, 11) is -3.87. The molecule has 112 valence electrons. The predicted molar refractivity (Wildman–Crippen MR) is 78.2 cm³/mol. The number of nitrogens with zero attached hydrogens (tertiary/aromatic N) is 2. The van der Waals surface area contributed by atoms with Crippen LogP contribution in [0.3, 0.4) is 0 Å². The monoisotopic (exact) mass is 309 g/mol. The molecule has 0 aliphatic rings. The lowest BCUT2D eigenvalue weighted by molar-refractivity contribution is 0.597. The average molecular weight is 309 g/mol. The highest BCUT2D eigenvalue weighted by Crippen LogP contribution is 2.23. The molecule has 1 aromatic carbocycles. The summed E-state index contributed by atoms with van der Waals surface area (Å²) in [5.41, 5.74) is 1.99. The second kappa shape index (κ2) is 5.40. The minimum Gasteiger partial charge on any atom is -0.247 e. The maximum absolute atomic E-state index is 13.3. The van der Waals surface area contributed by atoms with Crippen molar-refractivity contribution >= 4 is 16.0 Å². The maximum atomic E-state index is 13.3. The van der Waals surface area contributed by atoms with Crippen LogP contribution >= 0.6 is 0 Å². The van der Waals surface area contributed by atoms with Crippen molar-refractivity contribution in [1.82, 2.24) is 9.97 Å². The van der Waals surface area contributed by atoms with Crippen LogP contribution in [-0.2, 0) is 10.0 Å². The number of rotatable bonds is 3.